The van der Waals surface area contributed by atoms with Crippen molar-refractivity contribution in [2.75, 3.05) is 5.32 Å². The van der Waals surface area contributed by atoms with Gasteiger partial charge in [-0.15, -0.1) is 0 Å². The molecule has 0 saturated heterocycles. The van der Waals surface area contributed by atoms with Crippen LogP contribution in [0.3, 0.4) is 0 Å². The minimum Gasteiger partial charge on any atom is -0.325 e. The number of hydrogen-bond donors (Lipinski definition) is 1. The van der Waals surface area contributed by atoms with Gasteiger partial charge in [0.05, 0.1) is 10.7 Å². The number of pyridine rings is 1. The average Bonchev–Trinajstić information content (AvgIpc) is 2.41. The average molecular weight is 295 g/mol. The highest BCUT2D eigenvalue weighted by atomic mass is 35.5. The highest BCUT2D eigenvalue weighted by Crippen LogP contribution is 2.25. The van der Waals surface area contributed by atoms with Gasteiger partial charge in [0.2, 0.25) is 5.91 Å². The molecule has 2 rings (SSSR count). The fraction of sp³-hybridized carbons (Fsp3) is 0.143. The van der Waals surface area contributed by atoms with E-state index in [0.29, 0.717) is 28.6 Å². The summed E-state index contributed by atoms with van der Waals surface area (Å²) in [5.74, 6) is -0.102. The van der Waals surface area contributed by atoms with E-state index in [4.69, 9.17) is 23.2 Å². The van der Waals surface area contributed by atoms with Crippen molar-refractivity contribution in [3.05, 3.63) is 58.3 Å². The summed E-state index contributed by atoms with van der Waals surface area (Å²) < 4.78 is 0. The molecule has 0 radical (unpaired) electrons. The molecular formula is C14H12Cl2N2O. The Balaban J connectivity index is 1.91. The smallest absolute Gasteiger partial charge is 0.224 e. The number of benzene rings is 1. The summed E-state index contributed by atoms with van der Waals surface area (Å²) in [6.45, 7) is 0. The van der Waals surface area contributed by atoms with Gasteiger partial charge in [-0.2, -0.15) is 0 Å². The number of aryl methyl sites for hydroxylation is 1. The van der Waals surface area contributed by atoms with Crippen LogP contribution in [0.2, 0.25) is 10.0 Å². The minimum atomic E-state index is -0.102. The SMILES string of the molecule is O=C(CCc1ccccn1)Nc1ccc(Cl)cc1Cl. The van der Waals surface area contributed by atoms with Gasteiger partial charge in [-0.3, -0.25) is 9.78 Å². The minimum absolute atomic E-state index is 0.102. The Morgan fingerprint density at radius 1 is 1.21 bits per heavy atom. The number of carbonyl (C=O) groups is 1. The summed E-state index contributed by atoms with van der Waals surface area (Å²) in [4.78, 5) is 16.0. The van der Waals surface area contributed by atoms with Gasteiger partial charge in [0, 0.05) is 23.3 Å². The maximum absolute atomic E-state index is 11.8. The molecule has 0 fully saturated rings. The lowest BCUT2D eigenvalue weighted by molar-refractivity contribution is -0.116. The molecule has 2 aromatic rings. The molecule has 1 amide bonds. The van der Waals surface area contributed by atoms with Gasteiger partial charge >= 0.3 is 0 Å². The van der Waals surface area contributed by atoms with Crippen LogP contribution < -0.4 is 5.32 Å². The van der Waals surface area contributed by atoms with Gasteiger partial charge in [-0.25, -0.2) is 0 Å². The molecular weight excluding hydrogens is 283 g/mol. The molecule has 5 heteroatoms. The Hall–Kier alpha value is -1.58. The van der Waals surface area contributed by atoms with Gasteiger partial charge in [0.1, 0.15) is 0 Å². The molecule has 0 aliphatic carbocycles. The lowest BCUT2D eigenvalue weighted by Crippen LogP contribution is -2.12. The van der Waals surface area contributed by atoms with Gasteiger partial charge in [0.15, 0.2) is 0 Å². The van der Waals surface area contributed by atoms with Gasteiger partial charge in [0.25, 0.3) is 0 Å². The molecule has 0 bridgehead atoms. The van der Waals surface area contributed by atoms with E-state index in [9.17, 15) is 4.79 Å². The van der Waals surface area contributed by atoms with E-state index in [1.165, 1.54) is 0 Å². The molecule has 0 aliphatic heterocycles. The van der Waals surface area contributed by atoms with Crippen LogP contribution in [0.1, 0.15) is 12.1 Å². The predicted octanol–water partition coefficient (Wildman–Crippen LogP) is 3.96. The van der Waals surface area contributed by atoms with Crippen molar-refractivity contribution < 1.29 is 4.79 Å². The number of anilines is 1. The van der Waals surface area contributed by atoms with Crippen LogP contribution in [-0.2, 0) is 11.2 Å². The molecule has 1 N–H and O–H groups in total. The number of nitrogens with one attached hydrogen (secondary N) is 1. The summed E-state index contributed by atoms with van der Waals surface area (Å²) in [6.07, 6.45) is 2.66. The standard InChI is InChI=1S/C14H12Cl2N2O/c15-10-4-6-13(12(16)9-10)18-14(19)7-5-11-3-1-2-8-17-11/h1-4,6,8-9H,5,7H2,(H,18,19). The van der Waals surface area contributed by atoms with Crippen LogP contribution in [0.25, 0.3) is 0 Å². The predicted molar refractivity (Wildman–Crippen MR) is 77.6 cm³/mol. The van der Waals surface area contributed by atoms with Gasteiger partial charge in [-0.05, 0) is 36.8 Å². The summed E-state index contributed by atoms with van der Waals surface area (Å²) in [5, 5.41) is 3.72. The normalized spacial score (nSPS) is 10.2. The third-order valence-corrected chi connectivity index (χ3v) is 3.09. The van der Waals surface area contributed by atoms with Gasteiger partial charge in [-0.1, -0.05) is 29.3 Å². The van der Waals surface area contributed by atoms with E-state index in [0.717, 1.165) is 5.69 Å². The zero-order valence-corrected chi connectivity index (χ0v) is 11.6. The summed E-state index contributed by atoms with van der Waals surface area (Å²) in [5.41, 5.74) is 1.46. The van der Waals surface area contributed by atoms with E-state index in [1.807, 2.05) is 18.2 Å². The summed E-state index contributed by atoms with van der Waals surface area (Å²) >= 11 is 11.8. The van der Waals surface area contributed by atoms with Crippen molar-refractivity contribution in [2.24, 2.45) is 0 Å². The number of halogens is 2. The number of nitrogens with zero attached hydrogens (tertiary/aromatic N) is 1. The molecule has 0 atom stereocenters. The molecule has 0 aliphatic rings. The molecule has 0 unspecified atom stereocenters. The van der Waals surface area contributed by atoms with Crippen LogP contribution in [0.5, 0.6) is 0 Å². The number of hydrogen-bond acceptors (Lipinski definition) is 2. The largest absolute Gasteiger partial charge is 0.325 e. The third kappa shape index (κ3) is 4.23. The molecule has 0 saturated carbocycles. The quantitative estimate of drug-likeness (QED) is 0.927. The van der Waals surface area contributed by atoms with Crippen molar-refractivity contribution in [1.82, 2.24) is 4.98 Å². The maximum Gasteiger partial charge on any atom is 0.224 e. The van der Waals surface area contributed by atoms with E-state index < -0.39 is 0 Å². The van der Waals surface area contributed by atoms with Crippen LogP contribution in [0.4, 0.5) is 5.69 Å². The topological polar surface area (TPSA) is 42.0 Å². The molecule has 98 valence electrons. The Bertz CT molecular complexity index is 573. The molecule has 1 heterocycles. The van der Waals surface area contributed by atoms with Crippen LogP contribution in [0.15, 0.2) is 42.6 Å². The van der Waals surface area contributed by atoms with Crippen molar-refractivity contribution in [3.63, 3.8) is 0 Å². The second kappa shape index (κ2) is 6.55. The van der Waals surface area contributed by atoms with E-state index in [2.05, 4.69) is 10.3 Å². The third-order valence-electron chi connectivity index (χ3n) is 2.54. The Morgan fingerprint density at radius 2 is 2.05 bits per heavy atom. The van der Waals surface area contributed by atoms with Crippen LogP contribution in [0, 0.1) is 0 Å². The highest BCUT2D eigenvalue weighted by Gasteiger charge is 2.07. The molecule has 3 nitrogen and oxygen atoms in total. The first-order chi connectivity index (χ1) is 9.15. The van der Waals surface area contributed by atoms with Crippen LogP contribution in [-0.4, -0.2) is 10.9 Å². The molecule has 1 aromatic heterocycles. The monoisotopic (exact) mass is 294 g/mol. The second-order valence-corrected chi connectivity index (χ2v) is 4.84. The number of amides is 1. The number of carbonyl (C=O) groups excluding carboxylic acids is 1. The van der Waals surface area contributed by atoms with E-state index >= 15 is 0 Å². The van der Waals surface area contributed by atoms with Crippen molar-refractivity contribution in [2.45, 2.75) is 12.8 Å². The first-order valence-electron chi connectivity index (χ1n) is 5.80. The molecule has 1 aromatic carbocycles. The first-order valence-corrected chi connectivity index (χ1v) is 6.55. The fourth-order valence-corrected chi connectivity index (χ4v) is 2.05. The number of rotatable bonds is 4. The van der Waals surface area contributed by atoms with E-state index in [1.54, 1.807) is 24.4 Å². The lowest BCUT2D eigenvalue weighted by atomic mass is 10.2. The zero-order chi connectivity index (χ0) is 13.7. The fourth-order valence-electron chi connectivity index (χ4n) is 1.59. The second-order valence-electron chi connectivity index (χ2n) is 3.99. The Labute approximate surface area is 121 Å². The summed E-state index contributed by atoms with van der Waals surface area (Å²) in [6, 6.07) is 10.6. The Kier molecular flexibility index (Phi) is 4.77. The molecule has 0 spiro atoms. The van der Waals surface area contributed by atoms with Crippen molar-refractivity contribution in [1.29, 1.82) is 0 Å². The highest BCUT2D eigenvalue weighted by molar-refractivity contribution is 6.36. The van der Waals surface area contributed by atoms with Crippen molar-refractivity contribution in [3.8, 4) is 0 Å². The summed E-state index contributed by atoms with van der Waals surface area (Å²) in [7, 11) is 0. The van der Waals surface area contributed by atoms with Crippen LogP contribution >= 0.6 is 23.2 Å². The zero-order valence-electron chi connectivity index (χ0n) is 10.1. The number of aromatic nitrogens is 1. The molecule has 19 heavy (non-hydrogen) atoms. The van der Waals surface area contributed by atoms with Gasteiger partial charge < -0.3 is 5.32 Å². The first kappa shape index (κ1) is 13.8. The Morgan fingerprint density at radius 3 is 2.74 bits per heavy atom. The lowest BCUT2D eigenvalue weighted by Gasteiger charge is -2.07. The van der Waals surface area contributed by atoms with E-state index in [-0.39, 0.29) is 5.91 Å². The maximum atomic E-state index is 11.8. The van der Waals surface area contributed by atoms with Crippen molar-refractivity contribution >= 4 is 34.8 Å².